The summed E-state index contributed by atoms with van der Waals surface area (Å²) >= 11 is 0. The Balaban J connectivity index is 1.74. The van der Waals surface area contributed by atoms with E-state index in [1.165, 1.54) is 17.5 Å². The largest absolute Gasteiger partial charge is 0.342 e. The lowest BCUT2D eigenvalue weighted by molar-refractivity contribution is -0.129. The minimum absolute atomic E-state index is 0.281. The quantitative estimate of drug-likeness (QED) is 0.818. The van der Waals surface area contributed by atoms with Crippen molar-refractivity contribution in [2.45, 2.75) is 38.1 Å². The molecule has 0 bridgehead atoms. The van der Waals surface area contributed by atoms with Gasteiger partial charge in [0.25, 0.3) is 0 Å². The molecule has 0 N–H and O–H groups in total. The van der Waals surface area contributed by atoms with Crippen molar-refractivity contribution in [3.63, 3.8) is 0 Å². The lowest BCUT2D eigenvalue weighted by atomic mass is 9.97. The van der Waals surface area contributed by atoms with E-state index in [0.29, 0.717) is 12.5 Å². The third-order valence-corrected chi connectivity index (χ3v) is 4.20. The molecule has 2 fully saturated rings. The summed E-state index contributed by atoms with van der Waals surface area (Å²) < 4.78 is 0. The lowest BCUT2D eigenvalue weighted by Gasteiger charge is -2.18. The van der Waals surface area contributed by atoms with E-state index >= 15 is 0 Å². The molecule has 2 aliphatic rings. The summed E-state index contributed by atoms with van der Waals surface area (Å²) in [6.45, 7) is 2.85. The molecular formula is C16H21N2O. The second-order valence-corrected chi connectivity index (χ2v) is 5.53. The first-order valence-corrected chi connectivity index (χ1v) is 7.37. The molecule has 101 valence electrons. The van der Waals surface area contributed by atoms with E-state index in [-0.39, 0.29) is 5.91 Å². The fraction of sp³-hybridized carbons (Fsp3) is 0.562. The topological polar surface area (TPSA) is 34.4 Å². The average molecular weight is 257 g/mol. The van der Waals surface area contributed by atoms with E-state index in [9.17, 15) is 4.79 Å². The van der Waals surface area contributed by atoms with Gasteiger partial charge in [-0.05, 0) is 36.8 Å². The van der Waals surface area contributed by atoms with Gasteiger partial charge in [0.1, 0.15) is 0 Å². The Kier molecular flexibility index (Phi) is 3.83. The first-order chi connectivity index (χ1) is 9.34. The van der Waals surface area contributed by atoms with E-state index in [4.69, 9.17) is 0 Å². The highest BCUT2D eigenvalue weighted by molar-refractivity contribution is 5.79. The molecule has 0 saturated carbocycles. The maximum absolute atomic E-state index is 12.3. The van der Waals surface area contributed by atoms with Crippen LogP contribution < -0.4 is 5.32 Å². The van der Waals surface area contributed by atoms with Crippen LogP contribution in [0.1, 0.15) is 42.9 Å². The van der Waals surface area contributed by atoms with Crippen LogP contribution in [0.5, 0.6) is 0 Å². The van der Waals surface area contributed by atoms with Crippen LogP contribution >= 0.6 is 0 Å². The third kappa shape index (κ3) is 2.81. The zero-order valence-electron chi connectivity index (χ0n) is 11.3. The molecule has 2 aliphatic heterocycles. The Labute approximate surface area is 115 Å². The summed E-state index contributed by atoms with van der Waals surface area (Å²) in [5.74, 6) is 0.281. The Morgan fingerprint density at radius 1 is 1.21 bits per heavy atom. The van der Waals surface area contributed by atoms with Crippen LogP contribution in [-0.2, 0) is 11.2 Å². The summed E-state index contributed by atoms with van der Waals surface area (Å²) in [6, 6.07) is 8.66. The highest BCUT2D eigenvalue weighted by Crippen LogP contribution is 2.28. The zero-order valence-corrected chi connectivity index (χ0v) is 11.3. The number of carbonyl (C=O) groups is 1. The second kappa shape index (κ2) is 5.74. The van der Waals surface area contributed by atoms with Crippen LogP contribution in [0.4, 0.5) is 0 Å². The summed E-state index contributed by atoms with van der Waals surface area (Å²) in [6.07, 6.45) is 5.17. The Bertz CT molecular complexity index is 446. The van der Waals surface area contributed by atoms with Gasteiger partial charge in [0.15, 0.2) is 0 Å². The van der Waals surface area contributed by atoms with E-state index < -0.39 is 0 Å². The van der Waals surface area contributed by atoms with Gasteiger partial charge in [-0.1, -0.05) is 24.3 Å². The number of nitrogens with zero attached hydrogens (tertiary/aromatic N) is 2. The molecule has 1 aromatic carbocycles. The number of carbonyl (C=O) groups excluding carboxylic acids is 1. The number of rotatable bonds is 3. The van der Waals surface area contributed by atoms with Gasteiger partial charge < -0.3 is 4.90 Å². The molecule has 3 nitrogen and oxygen atoms in total. The number of likely N-dealkylation sites (tertiary alicyclic amines) is 1. The van der Waals surface area contributed by atoms with Crippen molar-refractivity contribution in [3.8, 4) is 0 Å². The Hall–Kier alpha value is -1.35. The fourth-order valence-corrected chi connectivity index (χ4v) is 3.14. The summed E-state index contributed by atoms with van der Waals surface area (Å²) in [4.78, 5) is 14.3. The van der Waals surface area contributed by atoms with Crippen LogP contribution in [0, 0.1) is 0 Å². The van der Waals surface area contributed by atoms with Crippen LogP contribution in [0.25, 0.3) is 0 Å². The number of amides is 1. The first kappa shape index (κ1) is 12.7. The summed E-state index contributed by atoms with van der Waals surface area (Å²) in [5, 5.41) is 4.65. The summed E-state index contributed by atoms with van der Waals surface area (Å²) in [5.41, 5.74) is 2.45. The number of hydrogen-bond acceptors (Lipinski definition) is 1. The molecule has 0 aromatic heterocycles. The molecule has 3 heteroatoms. The van der Waals surface area contributed by atoms with Crippen molar-refractivity contribution in [2.24, 2.45) is 0 Å². The molecule has 0 unspecified atom stereocenters. The van der Waals surface area contributed by atoms with Crippen LogP contribution in [-0.4, -0.2) is 30.4 Å². The van der Waals surface area contributed by atoms with Gasteiger partial charge >= 0.3 is 0 Å². The number of benzene rings is 1. The highest BCUT2D eigenvalue weighted by Gasteiger charge is 2.23. The molecule has 0 spiro atoms. The van der Waals surface area contributed by atoms with Crippen molar-refractivity contribution in [1.82, 2.24) is 10.2 Å². The Morgan fingerprint density at radius 3 is 2.74 bits per heavy atom. The predicted molar refractivity (Wildman–Crippen MR) is 74.9 cm³/mol. The van der Waals surface area contributed by atoms with Gasteiger partial charge in [-0.3, -0.25) is 4.79 Å². The van der Waals surface area contributed by atoms with Gasteiger partial charge in [-0.2, -0.15) is 0 Å². The average Bonchev–Trinajstić information content (AvgIpc) is 3.13. The zero-order chi connectivity index (χ0) is 13.1. The smallest absolute Gasteiger partial charge is 0.227 e. The maximum atomic E-state index is 12.3. The van der Waals surface area contributed by atoms with Crippen LogP contribution in [0.3, 0.4) is 0 Å². The van der Waals surface area contributed by atoms with E-state index in [1.54, 1.807) is 0 Å². The van der Waals surface area contributed by atoms with Crippen LogP contribution in [0.2, 0.25) is 0 Å². The van der Waals surface area contributed by atoms with Crippen molar-refractivity contribution >= 4 is 5.91 Å². The predicted octanol–water partition coefficient (Wildman–Crippen LogP) is 2.29. The lowest BCUT2D eigenvalue weighted by Crippen LogP contribution is -2.29. The third-order valence-electron chi connectivity index (χ3n) is 4.20. The molecule has 0 aliphatic carbocycles. The van der Waals surface area contributed by atoms with Crippen molar-refractivity contribution in [1.29, 1.82) is 0 Å². The van der Waals surface area contributed by atoms with Gasteiger partial charge in [0, 0.05) is 25.7 Å². The number of hydrogen-bond donors (Lipinski definition) is 0. The standard InChI is InChI=1S/C16H21N2O/c19-16(18-10-3-4-11-18)12-13-6-1-2-7-14(13)15-8-5-9-17-15/h1-2,6-7,15H,3-5,8-12H2/t15-/m0/s1. The molecule has 2 heterocycles. The highest BCUT2D eigenvalue weighted by atomic mass is 16.2. The van der Waals surface area contributed by atoms with Gasteiger partial charge in [0.05, 0.1) is 6.42 Å². The minimum atomic E-state index is 0.281. The van der Waals surface area contributed by atoms with E-state index in [2.05, 4.69) is 23.5 Å². The molecule has 1 radical (unpaired) electrons. The van der Waals surface area contributed by atoms with E-state index in [1.807, 2.05) is 11.0 Å². The minimum Gasteiger partial charge on any atom is -0.342 e. The fourth-order valence-electron chi connectivity index (χ4n) is 3.14. The molecule has 19 heavy (non-hydrogen) atoms. The molecule has 2 saturated heterocycles. The molecule has 1 amide bonds. The van der Waals surface area contributed by atoms with Crippen molar-refractivity contribution < 1.29 is 4.79 Å². The first-order valence-electron chi connectivity index (χ1n) is 7.37. The van der Waals surface area contributed by atoms with Gasteiger partial charge in [-0.15, -0.1) is 0 Å². The second-order valence-electron chi connectivity index (χ2n) is 5.53. The molecule has 3 rings (SSSR count). The monoisotopic (exact) mass is 257 g/mol. The van der Waals surface area contributed by atoms with Gasteiger partial charge in [-0.25, -0.2) is 5.32 Å². The van der Waals surface area contributed by atoms with Crippen molar-refractivity contribution in [3.05, 3.63) is 35.4 Å². The summed E-state index contributed by atoms with van der Waals surface area (Å²) in [7, 11) is 0. The van der Waals surface area contributed by atoms with E-state index in [0.717, 1.165) is 38.9 Å². The maximum Gasteiger partial charge on any atom is 0.227 e. The van der Waals surface area contributed by atoms with Crippen molar-refractivity contribution in [2.75, 3.05) is 19.6 Å². The molecule has 1 atom stereocenters. The van der Waals surface area contributed by atoms with Crippen LogP contribution in [0.15, 0.2) is 24.3 Å². The van der Waals surface area contributed by atoms with Gasteiger partial charge in [0.2, 0.25) is 5.91 Å². The molecule has 1 aromatic rings. The molecular weight excluding hydrogens is 236 g/mol. The normalized spacial score (nSPS) is 22.9. The SMILES string of the molecule is O=C(Cc1ccccc1[C@@H]1CCC[N]1)N1CCCC1. The Morgan fingerprint density at radius 2 is 2.00 bits per heavy atom.